The van der Waals surface area contributed by atoms with Gasteiger partial charge in [-0.1, -0.05) is 42.5 Å². The highest BCUT2D eigenvalue weighted by atomic mass is 16.1. The quantitative estimate of drug-likeness (QED) is 0.657. The van der Waals surface area contributed by atoms with Crippen molar-refractivity contribution in [3.63, 3.8) is 0 Å². The van der Waals surface area contributed by atoms with Crippen LogP contribution in [0.25, 0.3) is 0 Å². The second-order valence-electron chi connectivity index (χ2n) is 4.29. The van der Waals surface area contributed by atoms with Gasteiger partial charge in [0.1, 0.15) is 0 Å². The van der Waals surface area contributed by atoms with Gasteiger partial charge in [-0.3, -0.25) is 9.59 Å². The van der Waals surface area contributed by atoms with Crippen LogP contribution in [0.4, 0.5) is 5.69 Å². The van der Waals surface area contributed by atoms with E-state index >= 15 is 0 Å². The van der Waals surface area contributed by atoms with E-state index in [1.807, 2.05) is 18.2 Å². The zero-order valence-electron chi connectivity index (χ0n) is 10.1. The minimum atomic E-state index is -0.177. The fraction of sp³-hybridized carbons (Fsp3) is 0. The first-order valence-corrected chi connectivity index (χ1v) is 5.97. The topological polar surface area (TPSA) is 46.2 Å². The van der Waals surface area contributed by atoms with Gasteiger partial charge in [-0.2, -0.15) is 0 Å². The summed E-state index contributed by atoms with van der Waals surface area (Å²) in [6.07, 6.45) is 1.36. The van der Waals surface area contributed by atoms with Crippen molar-refractivity contribution in [2.24, 2.45) is 0 Å². The number of hydrogen-bond donors (Lipinski definition) is 1. The van der Waals surface area contributed by atoms with Gasteiger partial charge in [-0.25, -0.2) is 0 Å². The summed E-state index contributed by atoms with van der Waals surface area (Å²) < 4.78 is 0. The van der Waals surface area contributed by atoms with E-state index in [1.54, 1.807) is 36.4 Å². The number of carbonyl (C=O) groups excluding carboxylic acids is 2. The third-order valence-corrected chi connectivity index (χ3v) is 3.02. The highest BCUT2D eigenvalue weighted by molar-refractivity contribution is 6.21. The van der Waals surface area contributed by atoms with Crippen molar-refractivity contribution in [2.75, 3.05) is 5.32 Å². The molecule has 1 aliphatic rings. The first-order chi connectivity index (χ1) is 9.25. The van der Waals surface area contributed by atoms with Crippen LogP contribution in [0, 0.1) is 0 Å². The van der Waals surface area contributed by atoms with Crippen LogP contribution >= 0.6 is 0 Å². The maximum atomic E-state index is 12.1. The van der Waals surface area contributed by atoms with Crippen molar-refractivity contribution in [1.82, 2.24) is 0 Å². The smallest absolute Gasteiger partial charge is 0.211 e. The molecule has 1 N–H and O–H groups in total. The van der Waals surface area contributed by atoms with Gasteiger partial charge >= 0.3 is 0 Å². The van der Waals surface area contributed by atoms with Crippen LogP contribution in [-0.4, -0.2) is 11.6 Å². The molecular formula is C16H11NO2. The minimum Gasteiger partial charge on any atom is -0.352 e. The van der Waals surface area contributed by atoms with E-state index in [2.05, 4.69) is 5.32 Å². The molecule has 0 fully saturated rings. The highest BCUT2D eigenvalue weighted by Gasteiger charge is 2.24. The molecule has 0 saturated heterocycles. The molecule has 0 atom stereocenters. The Balaban J connectivity index is 1.92. The summed E-state index contributed by atoms with van der Waals surface area (Å²) in [7, 11) is 0. The van der Waals surface area contributed by atoms with E-state index in [0.717, 1.165) is 5.69 Å². The van der Waals surface area contributed by atoms with Crippen molar-refractivity contribution in [1.29, 1.82) is 0 Å². The molecular weight excluding hydrogens is 238 g/mol. The Morgan fingerprint density at radius 2 is 1.63 bits per heavy atom. The number of ketones is 2. The molecule has 0 radical (unpaired) electrons. The molecule has 3 rings (SSSR count). The lowest BCUT2D eigenvalue weighted by molar-refractivity contribution is 0.101. The number of Topliss-reactive ketones (excluding diaryl/α,β-unsaturated/α-hetero) is 1. The van der Waals surface area contributed by atoms with Crippen molar-refractivity contribution >= 4 is 17.3 Å². The van der Waals surface area contributed by atoms with Crippen molar-refractivity contribution in [3.05, 3.63) is 77.5 Å². The Bertz CT molecular complexity index is 687. The summed E-state index contributed by atoms with van der Waals surface area (Å²) in [5, 5.41) is 2.98. The van der Waals surface area contributed by atoms with Crippen LogP contribution in [0.5, 0.6) is 0 Å². The zero-order valence-corrected chi connectivity index (χ0v) is 10.1. The second-order valence-corrected chi connectivity index (χ2v) is 4.29. The molecule has 1 heterocycles. The predicted molar refractivity (Wildman–Crippen MR) is 73.3 cm³/mol. The number of para-hydroxylation sites is 1. The number of hydrogen-bond acceptors (Lipinski definition) is 3. The molecule has 2 aromatic rings. The van der Waals surface area contributed by atoms with Crippen LogP contribution in [0.3, 0.4) is 0 Å². The van der Waals surface area contributed by atoms with Gasteiger partial charge in [0.2, 0.25) is 5.78 Å². The molecule has 0 aromatic heterocycles. The summed E-state index contributed by atoms with van der Waals surface area (Å²) in [5.41, 5.74) is 2.25. The Morgan fingerprint density at radius 3 is 2.37 bits per heavy atom. The number of anilines is 1. The van der Waals surface area contributed by atoms with Crippen LogP contribution in [-0.2, 0) is 0 Å². The summed E-state index contributed by atoms with van der Waals surface area (Å²) in [5.74, 6) is -0.316. The molecule has 0 bridgehead atoms. The highest BCUT2D eigenvalue weighted by Crippen LogP contribution is 2.27. The lowest BCUT2D eigenvalue weighted by Gasteiger charge is -1.98. The monoisotopic (exact) mass is 249 g/mol. The van der Waals surface area contributed by atoms with Gasteiger partial charge in [0.25, 0.3) is 0 Å². The van der Waals surface area contributed by atoms with E-state index in [0.29, 0.717) is 16.8 Å². The Kier molecular flexibility index (Phi) is 2.72. The van der Waals surface area contributed by atoms with E-state index in [-0.39, 0.29) is 11.6 Å². The number of rotatable bonds is 2. The van der Waals surface area contributed by atoms with Crippen molar-refractivity contribution in [2.45, 2.75) is 0 Å². The average molecular weight is 249 g/mol. The van der Waals surface area contributed by atoms with Crippen LogP contribution in [0.2, 0.25) is 0 Å². The van der Waals surface area contributed by atoms with E-state index in [9.17, 15) is 9.59 Å². The molecule has 2 aromatic carbocycles. The van der Waals surface area contributed by atoms with Gasteiger partial charge < -0.3 is 5.32 Å². The molecule has 1 aliphatic heterocycles. The lowest BCUT2D eigenvalue weighted by atomic mass is 10.1. The number of fused-ring (bicyclic) bond motifs is 1. The third kappa shape index (κ3) is 2.06. The van der Waals surface area contributed by atoms with Crippen LogP contribution in [0.15, 0.2) is 66.4 Å². The maximum absolute atomic E-state index is 12.1. The largest absolute Gasteiger partial charge is 0.352 e. The van der Waals surface area contributed by atoms with Gasteiger partial charge in [-0.05, 0) is 12.1 Å². The van der Waals surface area contributed by atoms with E-state index in [4.69, 9.17) is 0 Å². The van der Waals surface area contributed by atoms with Crippen LogP contribution in [0.1, 0.15) is 20.7 Å². The number of carbonyl (C=O) groups is 2. The maximum Gasteiger partial charge on any atom is 0.211 e. The Morgan fingerprint density at radius 1 is 0.947 bits per heavy atom. The molecule has 3 nitrogen and oxygen atoms in total. The second kappa shape index (κ2) is 4.53. The number of allylic oxidation sites excluding steroid dienone is 2. The molecule has 0 spiro atoms. The third-order valence-electron chi connectivity index (χ3n) is 3.02. The van der Waals surface area contributed by atoms with Crippen LogP contribution < -0.4 is 5.32 Å². The van der Waals surface area contributed by atoms with E-state index < -0.39 is 0 Å². The summed E-state index contributed by atoms with van der Waals surface area (Å²) in [6.45, 7) is 0. The van der Waals surface area contributed by atoms with Gasteiger partial charge in [0.15, 0.2) is 5.78 Å². The molecule has 0 unspecified atom stereocenters. The first kappa shape index (κ1) is 11.4. The summed E-state index contributed by atoms with van der Waals surface area (Å²) >= 11 is 0. The fourth-order valence-electron chi connectivity index (χ4n) is 2.06. The number of benzene rings is 2. The number of nitrogens with one attached hydrogen (secondary N) is 1. The lowest BCUT2D eigenvalue weighted by Crippen LogP contribution is -2.05. The molecule has 19 heavy (non-hydrogen) atoms. The van der Waals surface area contributed by atoms with Gasteiger partial charge in [0.05, 0.1) is 5.70 Å². The normalized spacial score (nSPS) is 15.2. The predicted octanol–water partition coefficient (Wildman–Crippen LogP) is 3.06. The average Bonchev–Trinajstić information content (AvgIpc) is 2.77. The summed E-state index contributed by atoms with van der Waals surface area (Å²) in [4.78, 5) is 24.1. The minimum absolute atomic E-state index is 0.139. The Hall–Kier alpha value is -2.68. The van der Waals surface area contributed by atoms with Crippen molar-refractivity contribution < 1.29 is 9.59 Å². The molecule has 92 valence electrons. The molecule has 0 saturated carbocycles. The van der Waals surface area contributed by atoms with Crippen molar-refractivity contribution in [3.8, 4) is 0 Å². The fourth-order valence-corrected chi connectivity index (χ4v) is 2.06. The summed E-state index contributed by atoms with van der Waals surface area (Å²) in [6, 6.07) is 16.1. The SMILES string of the molecule is O=C(/C=C1\Nc2ccccc2C1=O)c1ccccc1. The van der Waals surface area contributed by atoms with E-state index in [1.165, 1.54) is 6.08 Å². The molecule has 3 heteroatoms. The zero-order chi connectivity index (χ0) is 13.2. The molecule has 0 aliphatic carbocycles. The Labute approximate surface area is 110 Å². The standard InChI is InChI=1S/C16H11NO2/c18-15(11-6-2-1-3-7-11)10-14-16(19)12-8-4-5-9-13(12)17-14/h1-10,17H/b14-10-. The van der Waals surface area contributed by atoms with Gasteiger partial charge in [-0.15, -0.1) is 0 Å². The first-order valence-electron chi connectivity index (χ1n) is 5.97. The van der Waals surface area contributed by atoms with Gasteiger partial charge in [0, 0.05) is 22.9 Å². The molecule has 0 amide bonds.